The molecule has 0 aliphatic heterocycles. The maximum atomic E-state index is 11.6. The minimum absolute atomic E-state index is 0.0779. The summed E-state index contributed by atoms with van der Waals surface area (Å²) in [5.74, 6) is 0.887. The van der Waals surface area contributed by atoms with E-state index in [0.29, 0.717) is 0 Å². The summed E-state index contributed by atoms with van der Waals surface area (Å²) in [5, 5.41) is 3.88. The number of hydrogen-bond acceptors (Lipinski definition) is 6. The van der Waals surface area contributed by atoms with Crippen LogP contribution in [0.25, 0.3) is 10.2 Å². The lowest BCUT2D eigenvalue weighted by molar-refractivity contribution is -0.144. The fraction of sp³-hybridized carbons (Fsp3) is 0.462. The van der Waals surface area contributed by atoms with Crippen molar-refractivity contribution in [3.63, 3.8) is 0 Å². The Bertz CT molecular complexity index is 581. The predicted molar refractivity (Wildman–Crippen MR) is 78.7 cm³/mol. The van der Waals surface area contributed by atoms with Crippen molar-refractivity contribution in [2.45, 2.75) is 38.3 Å². The third-order valence-electron chi connectivity index (χ3n) is 2.35. The highest BCUT2D eigenvalue weighted by atomic mass is 32.2. The van der Waals surface area contributed by atoms with Gasteiger partial charge in [0.1, 0.15) is 15.7 Å². The number of fused-ring (bicyclic) bond motifs is 1. The van der Waals surface area contributed by atoms with Gasteiger partial charge >= 0.3 is 5.97 Å². The van der Waals surface area contributed by atoms with Crippen molar-refractivity contribution in [3.8, 4) is 0 Å². The van der Waals surface area contributed by atoms with E-state index in [4.69, 9.17) is 4.74 Å². The van der Waals surface area contributed by atoms with Gasteiger partial charge in [-0.05, 0) is 25.3 Å². The zero-order valence-corrected chi connectivity index (χ0v) is 12.8. The van der Waals surface area contributed by atoms with E-state index in [1.165, 1.54) is 11.8 Å². The molecule has 2 rings (SSSR count). The SMILES string of the molecule is CCc1nc(SCC(=O)OC(C)C)c2ccsc2n1. The molecule has 102 valence electrons. The van der Waals surface area contributed by atoms with Crippen LogP contribution in [0.15, 0.2) is 16.5 Å². The standard InChI is InChI=1S/C13H16N2O2S2/c1-4-10-14-12-9(5-6-18-12)13(15-10)19-7-11(16)17-8(2)3/h5-6,8H,4,7H2,1-3H3. The van der Waals surface area contributed by atoms with Crippen molar-refractivity contribution in [2.75, 3.05) is 5.75 Å². The normalized spacial score (nSPS) is 11.2. The number of nitrogens with zero attached hydrogens (tertiary/aromatic N) is 2. The van der Waals surface area contributed by atoms with Crippen LogP contribution >= 0.6 is 23.1 Å². The summed E-state index contributed by atoms with van der Waals surface area (Å²) >= 11 is 3.01. The molecule has 0 saturated carbocycles. The number of carbonyl (C=O) groups is 1. The minimum Gasteiger partial charge on any atom is -0.462 e. The summed E-state index contributed by atoms with van der Waals surface area (Å²) in [5.41, 5.74) is 0. The molecule has 0 radical (unpaired) electrons. The molecule has 0 saturated heterocycles. The van der Waals surface area contributed by atoms with Crippen LogP contribution in [-0.4, -0.2) is 27.8 Å². The molecule has 0 aromatic carbocycles. The van der Waals surface area contributed by atoms with Crippen LogP contribution in [0, 0.1) is 0 Å². The molecule has 0 N–H and O–H groups in total. The van der Waals surface area contributed by atoms with Crippen molar-refractivity contribution >= 4 is 39.3 Å². The average molecular weight is 296 g/mol. The van der Waals surface area contributed by atoms with E-state index in [1.54, 1.807) is 11.3 Å². The lowest BCUT2D eigenvalue weighted by atomic mass is 10.4. The van der Waals surface area contributed by atoms with Crippen LogP contribution in [0.2, 0.25) is 0 Å². The smallest absolute Gasteiger partial charge is 0.316 e. The van der Waals surface area contributed by atoms with Crippen LogP contribution in [0.4, 0.5) is 0 Å². The molecule has 0 spiro atoms. The number of hydrogen-bond donors (Lipinski definition) is 0. The first-order chi connectivity index (χ1) is 9.10. The number of thioether (sulfide) groups is 1. The third kappa shape index (κ3) is 3.67. The lowest BCUT2D eigenvalue weighted by Crippen LogP contribution is -2.13. The Morgan fingerprint density at radius 3 is 2.95 bits per heavy atom. The van der Waals surface area contributed by atoms with Crippen LogP contribution in [-0.2, 0) is 16.0 Å². The summed E-state index contributed by atoms with van der Waals surface area (Å²) in [6, 6.07) is 2.00. The Kier molecular flexibility index (Phi) is 4.76. The molecule has 0 aliphatic carbocycles. The van der Waals surface area contributed by atoms with Gasteiger partial charge in [0.15, 0.2) is 0 Å². The van der Waals surface area contributed by atoms with Gasteiger partial charge in [-0.2, -0.15) is 0 Å². The molecule has 0 fully saturated rings. The van der Waals surface area contributed by atoms with E-state index in [-0.39, 0.29) is 17.8 Å². The lowest BCUT2D eigenvalue weighted by Gasteiger charge is -2.08. The monoisotopic (exact) mass is 296 g/mol. The third-order valence-corrected chi connectivity index (χ3v) is 4.12. The van der Waals surface area contributed by atoms with Crippen molar-refractivity contribution in [1.82, 2.24) is 9.97 Å². The van der Waals surface area contributed by atoms with E-state index in [2.05, 4.69) is 9.97 Å². The van der Waals surface area contributed by atoms with Gasteiger partial charge in [-0.15, -0.1) is 11.3 Å². The van der Waals surface area contributed by atoms with Crippen LogP contribution in [0.3, 0.4) is 0 Å². The first-order valence-corrected chi connectivity index (χ1v) is 8.03. The Morgan fingerprint density at radius 1 is 1.47 bits per heavy atom. The zero-order chi connectivity index (χ0) is 13.8. The highest BCUT2D eigenvalue weighted by Crippen LogP contribution is 2.28. The Morgan fingerprint density at radius 2 is 2.26 bits per heavy atom. The molecular weight excluding hydrogens is 280 g/mol. The summed E-state index contributed by atoms with van der Waals surface area (Å²) in [6.45, 7) is 5.72. The molecule has 4 nitrogen and oxygen atoms in total. The first-order valence-electron chi connectivity index (χ1n) is 6.16. The second kappa shape index (κ2) is 6.34. The van der Waals surface area contributed by atoms with Gasteiger partial charge < -0.3 is 4.74 Å². The number of esters is 1. The van der Waals surface area contributed by atoms with Crippen molar-refractivity contribution in [1.29, 1.82) is 0 Å². The molecule has 2 heterocycles. The quantitative estimate of drug-likeness (QED) is 0.481. The summed E-state index contributed by atoms with van der Waals surface area (Å²) in [4.78, 5) is 21.5. The average Bonchev–Trinajstić information content (AvgIpc) is 2.82. The molecule has 0 bridgehead atoms. The Balaban J connectivity index is 2.15. The van der Waals surface area contributed by atoms with Gasteiger partial charge in [0, 0.05) is 11.8 Å². The number of ether oxygens (including phenoxy) is 1. The van der Waals surface area contributed by atoms with Gasteiger partial charge in [-0.3, -0.25) is 4.79 Å². The number of aryl methyl sites for hydroxylation is 1. The molecule has 0 amide bonds. The van der Waals surface area contributed by atoms with Gasteiger partial charge in [-0.25, -0.2) is 9.97 Å². The number of thiophene rings is 1. The Hall–Kier alpha value is -1.14. The van der Waals surface area contributed by atoms with Crippen LogP contribution in [0.1, 0.15) is 26.6 Å². The maximum absolute atomic E-state index is 11.6. The second-order valence-corrected chi connectivity index (χ2v) is 6.12. The van der Waals surface area contributed by atoms with Gasteiger partial charge in [0.05, 0.1) is 11.9 Å². The van der Waals surface area contributed by atoms with Crippen molar-refractivity contribution in [3.05, 3.63) is 17.3 Å². The van der Waals surface area contributed by atoms with Gasteiger partial charge in [0.25, 0.3) is 0 Å². The highest BCUT2D eigenvalue weighted by Gasteiger charge is 2.12. The van der Waals surface area contributed by atoms with E-state index < -0.39 is 0 Å². The van der Waals surface area contributed by atoms with Crippen LogP contribution < -0.4 is 0 Å². The number of carbonyl (C=O) groups excluding carboxylic acids is 1. The topological polar surface area (TPSA) is 52.1 Å². The zero-order valence-electron chi connectivity index (χ0n) is 11.2. The van der Waals surface area contributed by atoms with Crippen LogP contribution in [0.5, 0.6) is 0 Å². The summed E-state index contributed by atoms with van der Waals surface area (Å²) in [7, 11) is 0. The summed E-state index contributed by atoms with van der Waals surface area (Å²) in [6.07, 6.45) is 0.712. The number of aromatic nitrogens is 2. The fourth-order valence-electron chi connectivity index (χ4n) is 1.56. The van der Waals surface area contributed by atoms with E-state index in [1.807, 2.05) is 32.2 Å². The maximum Gasteiger partial charge on any atom is 0.316 e. The minimum atomic E-state index is -0.208. The van der Waals surface area contributed by atoms with E-state index in [0.717, 1.165) is 27.5 Å². The fourth-order valence-corrected chi connectivity index (χ4v) is 3.22. The largest absolute Gasteiger partial charge is 0.462 e. The number of rotatable bonds is 5. The van der Waals surface area contributed by atoms with Crippen molar-refractivity contribution < 1.29 is 9.53 Å². The molecule has 0 aliphatic rings. The molecule has 6 heteroatoms. The Labute approximate surface area is 120 Å². The molecular formula is C13H16N2O2S2. The van der Waals surface area contributed by atoms with E-state index >= 15 is 0 Å². The van der Waals surface area contributed by atoms with E-state index in [9.17, 15) is 4.79 Å². The molecule has 2 aromatic rings. The molecule has 2 aromatic heterocycles. The van der Waals surface area contributed by atoms with Gasteiger partial charge in [0.2, 0.25) is 0 Å². The second-order valence-electron chi connectivity index (χ2n) is 4.27. The van der Waals surface area contributed by atoms with Crippen molar-refractivity contribution in [2.24, 2.45) is 0 Å². The van der Waals surface area contributed by atoms with Gasteiger partial charge in [-0.1, -0.05) is 18.7 Å². The summed E-state index contributed by atoms with van der Waals surface area (Å²) < 4.78 is 5.12. The molecule has 0 atom stereocenters. The molecule has 0 unspecified atom stereocenters. The highest BCUT2D eigenvalue weighted by molar-refractivity contribution is 8.00. The first kappa shape index (κ1) is 14.3. The molecule has 19 heavy (non-hydrogen) atoms. The predicted octanol–water partition coefficient (Wildman–Crippen LogP) is 3.30.